The molecule has 0 amide bonds. The van der Waals surface area contributed by atoms with Crippen LogP contribution in [0.2, 0.25) is 8.67 Å². The highest BCUT2D eigenvalue weighted by molar-refractivity contribution is 7.20. The number of ether oxygens (including phenoxy) is 1. The van der Waals surface area contributed by atoms with E-state index in [-0.39, 0.29) is 22.3 Å². The topological polar surface area (TPSA) is 39.2 Å². The molecule has 0 saturated heterocycles. The molecule has 0 aliphatic rings. The van der Waals surface area contributed by atoms with Gasteiger partial charge in [-0.05, 0) is 24.3 Å². The van der Waals surface area contributed by atoms with E-state index in [2.05, 4.69) is 4.98 Å². The molecular formula is C15H8Cl2FNO2S. The largest absolute Gasteiger partial charge is 0.457 e. The van der Waals surface area contributed by atoms with Gasteiger partial charge in [0.25, 0.3) is 0 Å². The van der Waals surface area contributed by atoms with Gasteiger partial charge in [-0.3, -0.25) is 4.98 Å². The van der Waals surface area contributed by atoms with Crippen LogP contribution in [0, 0.1) is 5.82 Å². The number of halogens is 3. The number of carbonyl (C=O) groups excluding carboxylic acids is 1. The van der Waals surface area contributed by atoms with E-state index in [1.165, 1.54) is 12.1 Å². The first kappa shape index (κ1) is 15.2. The number of aromatic nitrogens is 1. The number of hydrogen-bond donors (Lipinski definition) is 0. The summed E-state index contributed by atoms with van der Waals surface area (Å²) in [7, 11) is 0. The van der Waals surface area contributed by atoms with Gasteiger partial charge < -0.3 is 4.74 Å². The molecule has 7 heteroatoms. The van der Waals surface area contributed by atoms with E-state index in [0.29, 0.717) is 20.8 Å². The smallest absolute Gasteiger partial charge is 0.340 e. The van der Waals surface area contributed by atoms with Crippen molar-refractivity contribution in [3.63, 3.8) is 0 Å². The molecule has 1 aromatic carbocycles. The second-order valence-corrected chi connectivity index (χ2v) is 6.71. The maximum atomic E-state index is 13.7. The van der Waals surface area contributed by atoms with Crippen molar-refractivity contribution in [3.05, 3.63) is 62.1 Å². The Balaban J connectivity index is 1.84. The summed E-state index contributed by atoms with van der Waals surface area (Å²) < 4.78 is 19.6. The molecule has 0 fully saturated rings. The van der Waals surface area contributed by atoms with E-state index in [4.69, 9.17) is 27.9 Å². The highest BCUT2D eigenvalue weighted by atomic mass is 35.5. The summed E-state index contributed by atoms with van der Waals surface area (Å²) in [6, 6.07) is 7.59. The van der Waals surface area contributed by atoms with E-state index in [0.717, 1.165) is 11.3 Å². The number of hydrogen-bond acceptors (Lipinski definition) is 4. The van der Waals surface area contributed by atoms with Crippen molar-refractivity contribution in [1.82, 2.24) is 4.98 Å². The Bertz CT molecular complexity index is 866. The molecule has 3 rings (SSSR count). The van der Waals surface area contributed by atoms with Crippen LogP contribution >= 0.6 is 34.5 Å². The van der Waals surface area contributed by atoms with Crippen LogP contribution in [0.1, 0.15) is 15.9 Å². The number of fused-ring (bicyclic) bond motifs is 1. The van der Waals surface area contributed by atoms with Crippen molar-refractivity contribution >= 4 is 51.4 Å². The standard InChI is InChI=1S/C15H8Cl2FNO2S/c16-12-6-10(14(17)22-12)15(20)21-7-8-3-4-11(18)9-2-1-5-19-13(8)9/h1-6H,7H2. The van der Waals surface area contributed by atoms with Gasteiger partial charge in [0, 0.05) is 17.1 Å². The van der Waals surface area contributed by atoms with Crippen LogP contribution in [-0.2, 0) is 11.3 Å². The summed E-state index contributed by atoms with van der Waals surface area (Å²) in [5, 5.41) is 0.382. The van der Waals surface area contributed by atoms with Crippen molar-refractivity contribution < 1.29 is 13.9 Å². The monoisotopic (exact) mass is 355 g/mol. The van der Waals surface area contributed by atoms with Crippen LogP contribution in [0.25, 0.3) is 10.9 Å². The summed E-state index contributed by atoms with van der Waals surface area (Å²) in [6.45, 7) is -0.0313. The lowest BCUT2D eigenvalue weighted by atomic mass is 10.1. The van der Waals surface area contributed by atoms with Crippen LogP contribution in [0.4, 0.5) is 4.39 Å². The summed E-state index contributed by atoms with van der Waals surface area (Å²) in [4.78, 5) is 16.1. The Morgan fingerprint density at radius 3 is 2.86 bits per heavy atom. The number of rotatable bonds is 3. The third kappa shape index (κ3) is 2.92. The molecule has 2 aromatic heterocycles. The van der Waals surface area contributed by atoms with Crippen molar-refractivity contribution in [2.45, 2.75) is 6.61 Å². The van der Waals surface area contributed by atoms with E-state index in [1.807, 2.05) is 0 Å². The minimum atomic E-state index is -0.582. The Morgan fingerprint density at radius 2 is 2.14 bits per heavy atom. The molecule has 2 heterocycles. The quantitative estimate of drug-likeness (QED) is 0.613. The molecule has 0 unspecified atom stereocenters. The highest BCUT2D eigenvalue weighted by Crippen LogP contribution is 2.31. The molecule has 0 radical (unpaired) electrons. The Kier molecular flexibility index (Phi) is 4.29. The zero-order valence-corrected chi connectivity index (χ0v) is 13.3. The van der Waals surface area contributed by atoms with Crippen LogP contribution in [0.5, 0.6) is 0 Å². The van der Waals surface area contributed by atoms with Gasteiger partial charge in [-0.15, -0.1) is 11.3 Å². The van der Waals surface area contributed by atoms with E-state index >= 15 is 0 Å². The molecule has 0 N–H and O–H groups in total. The first-order chi connectivity index (χ1) is 10.6. The zero-order valence-electron chi connectivity index (χ0n) is 11.0. The second kappa shape index (κ2) is 6.20. The number of nitrogens with zero attached hydrogens (tertiary/aromatic N) is 1. The average Bonchev–Trinajstić information content (AvgIpc) is 2.85. The van der Waals surface area contributed by atoms with Gasteiger partial charge in [0.05, 0.1) is 15.4 Å². The van der Waals surface area contributed by atoms with E-state index < -0.39 is 5.97 Å². The summed E-state index contributed by atoms with van der Waals surface area (Å²) in [5.41, 5.74) is 1.29. The SMILES string of the molecule is O=C(OCc1ccc(F)c2cccnc12)c1cc(Cl)sc1Cl. The first-order valence-electron chi connectivity index (χ1n) is 6.20. The third-order valence-corrected chi connectivity index (χ3v) is 4.52. The van der Waals surface area contributed by atoms with Crippen molar-refractivity contribution in [2.24, 2.45) is 0 Å². The average molecular weight is 356 g/mol. The van der Waals surface area contributed by atoms with Gasteiger partial charge in [0.1, 0.15) is 16.8 Å². The molecule has 3 nitrogen and oxygen atoms in total. The van der Waals surface area contributed by atoms with Crippen molar-refractivity contribution in [1.29, 1.82) is 0 Å². The molecule has 0 spiro atoms. The van der Waals surface area contributed by atoms with Gasteiger partial charge in [0.2, 0.25) is 0 Å². The maximum Gasteiger partial charge on any atom is 0.340 e. The van der Waals surface area contributed by atoms with Crippen LogP contribution in [-0.4, -0.2) is 11.0 Å². The fraction of sp³-hybridized carbons (Fsp3) is 0.0667. The fourth-order valence-corrected chi connectivity index (χ4v) is 3.45. The van der Waals surface area contributed by atoms with Gasteiger partial charge in [0.15, 0.2) is 0 Å². The Hall–Kier alpha value is -1.69. The van der Waals surface area contributed by atoms with Crippen LogP contribution in [0.3, 0.4) is 0 Å². The first-order valence-corrected chi connectivity index (χ1v) is 7.77. The van der Waals surface area contributed by atoms with Crippen LogP contribution in [0.15, 0.2) is 36.5 Å². The zero-order chi connectivity index (χ0) is 15.7. The fourth-order valence-electron chi connectivity index (χ4n) is 2.01. The Labute approximate surface area is 139 Å². The summed E-state index contributed by atoms with van der Waals surface area (Å²) in [5.74, 6) is -0.951. The molecule has 22 heavy (non-hydrogen) atoms. The highest BCUT2D eigenvalue weighted by Gasteiger charge is 2.16. The molecule has 0 bridgehead atoms. The number of thiophene rings is 1. The number of pyridine rings is 1. The predicted molar refractivity (Wildman–Crippen MR) is 85.2 cm³/mol. The molecule has 3 aromatic rings. The molecule has 0 atom stereocenters. The second-order valence-electron chi connectivity index (χ2n) is 4.42. The molecule has 0 aliphatic carbocycles. The minimum Gasteiger partial charge on any atom is -0.457 e. The van der Waals surface area contributed by atoms with E-state index in [1.54, 1.807) is 24.4 Å². The normalized spacial score (nSPS) is 10.9. The molecule has 0 saturated carbocycles. The maximum absolute atomic E-state index is 13.7. The van der Waals surface area contributed by atoms with E-state index in [9.17, 15) is 9.18 Å². The van der Waals surface area contributed by atoms with Crippen molar-refractivity contribution in [2.75, 3.05) is 0 Å². The lowest BCUT2D eigenvalue weighted by Crippen LogP contribution is -2.05. The van der Waals surface area contributed by atoms with Crippen LogP contribution < -0.4 is 0 Å². The van der Waals surface area contributed by atoms with Gasteiger partial charge in [-0.2, -0.15) is 0 Å². The number of carbonyl (C=O) groups is 1. The Morgan fingerprint density at radius 1 is 1.32 bits per heavy atom. The lowest BCUT2D eigenvalue weighted by molar-refractivity contribution is 0.0475. The molecule has 112 valence electrons. The lowest BCUT2D eigenvalue weighted by Gasteiger charge is -2.07. The summed E-state index contributed by atoms with van der Waals surface area (Å²) in [6.07, 6.45) is 1.56. The number of benzene rings is 1. The minimum absolute atomic E-state index is 0.0313. The third-order valence-electron chi connectivity index (χ3n) is 3.04. The van der Waals surface area contributed by atoms with Crippen molar-refractivity contribution in [3.8, 4) is 0 Å². The van der Waals surface area contributed by atoms with Gasteiger partial charge >= 0.3 is 5.97 Å². The molecular weight excluding hydrogens is 348 g/mol. The number of esters is 1. The predicted octanol–water partition coefficient (Wildman–Crippen LogP) is 5.10. The molecule has 0 aliphatic heterocycles. The van der Waals surface area contributed by atoms with Gasteiger partial charge in [-0.25, -0.2) is 9.18 Å². The summed E-state index contributed by atoms with van der Waals surface area (Å²) >= 11 is 12.8. The van der Waals surface area contributed by atoms with Gasteiger partial charge in [-0.1, -0.05) is 29.3 Å².